The Bertz CT molecular complexity index is 1190. The number of furan rings is 1. The van der Waals surface area contributed by atoms with Crippen LogP contribution in [0.4, 0.5) is 0 Å². The second-order valence-corrected chi connectivity index (χ2v) is 8.60. The fraction of sp³-hybridized carbons (Fsp3) is 0.231. The lowest BCUT2D eigenvalue weighted by Crippen LogP contribution is -2.31. The van der Waals surface area contributed by atoms with Crippen LogP contribution in [0.2, 0.25) is 0 Å². The number of carbonyl (C=O) groups excluding carboxylic acids is 1. The van der Waals surface area contributed by atoms with Crippen molar-refractivity contribution in [1.82, 2.24) is 9.88 Å². The quantitative estimate of drug-likeness (QED) is 0.339. The molecule has 0 bridgehead atoms. The third-order valence-corrected chi connectivity index (χ3v) is 6.06. The van der Waals surface area contributed by atoms with Crippen LogP contribution >= 0.6 is 11.3 Å². The lowest BCUT2D eigenvalue weighted by molar-refractivity contribution is -0.132. The Labute approximate surface area is 202 Å². The van der Waals surface area contributed by atoms with Crippen LogP contribution in [-0.2, 0) is 37.5 Å². The first-order valence-electron chi connectivity index (χ1n) is 10.8. The summed E-state index contributed by atoms with van der Waals surface area (Å²) in [6.07, 6.45) is 1.91. The molecule has 0 spiro atoms. The number of aliphatic hydroxyl groups excluding tert-OH is 1. The Hall–Kier alpha value is -3.62. The maximum atomic E-state index is 13.2. The minimum atomic E-state index is -0.0994. The molecule has 0 aliphatic heterocycles. The van der Waals surface area contributed by atoms with Gasteiger partial charge in [-0.15, -0.1) is 11.3 Å². The van der Waals surface area contributed by atoms with Crippen LogP contribution in [0, 0.1) is 0 Å². The van der Waals surface area contributed by atoms with Crippen molar-refractivity contribution in [3.63, 3.8) is 0 Å². The molecule has 4 rings (SSSR count). The summed E-state index contributed by atoms with van der Waals surface area (Å²) in [6, 6.07) is 19.0. The SMILES string of the molecule is COc1ccc(CN(Cc2ccco2)C(=O)Cc2ccccc2)cc1OCc1nc(CO)cs1. The fourth-order valence-electron chi connectivity index (χ4n) is 3.49. The lowest BCUT2D eigenvalue weighted by atomic mass is 10.1. The number of methoxy groups -OCH3 is 1. The molecule has 2 aromatic carbocycles. The van der Waals surface area contributed by atoms with E-state index in [4.69, 9.17) is 13.9 Å². The third kappa shape index (κ3) is 6.24. The molecule has 8 heteroatoms. The highest BCUT2D eigenvalue weighted by Gasteiger charge is 2.18. The van der Waals surface area contributed by atoms with E-state index in [9.17, 15) is 9.90 Å². The molecule has 34 heavy (non-hydrogen) atoms. The van der Waals surface area contributed by atoms with Gasteiger partial charge in [-0.2, -0.15) is 0 Å². The van der Waals surface area contributed by atoms with E-state index in [1.807, 2.05) is 60.7 Å². The first-order chi connectivity index (χ1) is 16.6. The summed E-state index contributed by atoms with van der Waals surface area (Å²) >= 11 is 1.43. The molecule has 7 nitrogen and oxygen atoms in total. The second-order valence-electron chi connectivity index (χ2n) is 7.66. The molecular weight excluding hydrogens is 452 g/mol. The standard InChI is InChI=1S/C26H26N2O5S/c1-31-23-10-9-20(12-24(23)33-17-25-27-21(16-29)18-34-25)14-28(15-22-8-5-11-32-22)26(30)13-19-6-3-2-4-7-19/h2-12,18,29H,13-17H2,1H3. The van der Waals surface area contributed by atoms with Gasteiger partial charge in [0.15, 0.2) is 11.5 Å². The van der Waals surface area contributed by atoms with Gasteiger partial charge in [-0.05, 0) is 35.4 Å². The zero-order valence-electron chi connectivity index (χ0n) is 18.8. The van der Waals surface area contributed by atoms with Gasteiger partial charge in [0, 0.05) is 11.9 Å². The minimum Gasteiger partial charge on any atom is -0.493 e. The summed E-state index contributed by atoms with van der Waals surface area (Å²) in [5.41, 5.74) is 2.48. The highest BCUT2D eigenvalue weighted by Crippen LogP contribution is 2.30. The van der Waals surface area contributed by atoms with Gasteiger partial charge < -0.3 is 23.9 Å². The van der Waals surface area contributed by atoms with Gasteiger partial charge in [-0.3, -0.25) is 4.79 Å². The Morgan fingerprint density at radius 2 is 1.91 bits per heavy atom. The van der Waals surface area contributed by atoms with Gasteiger partial charge in [0.05, 0.1) is 38.6 Å². The van der Waals surface area contributed by atoms with Gasteiger partial charge >= 0.3 is 0 Å². The average Bonchev–Trinajstić information content (AvgIpc) is 3.55. The lowest BCUT2D eigenvalue weighted by Gasteiger charge is -2.23. The van der Waals surface area contributed by atoms with E-state index in [0.29, 0.717) is 36.7 Å². The molecule has 0 unspecified atom stereocenters. The zero-order valence-corrected chi connectivity index (χ0v) is 19.7. The predicted octanol–water partition coefficient (Wildman–Crippen LogP) is 4.59. The highest BCUT2D eigenvalue weighted by molar-refractivity contribution is 7.09. The second kappa shape index (κ2) is 11.5. The molecule has 0 aliphatic carbocycles. The topological polar surface area (TPSA) is 85.0 Å². The van der Waals surface area contributed by atoms with Crippen LogP contribution in [-0.4, -0.2) is 28.0 Å². The van der Waals surface area contributed by atoms with E-state index in [2.05, 4.69) is 4.98 Å². The summed E-state index contributed by atoms with van der Waals surface area (Å²) in [5, 5.41) is 11.8. The molecule has 0 atom stereocenters. The van der Waals surface area contributed by atoms with Crippen molar-refractivity contribution in [2.45, 2.75) is 32.7 Å². The molecule has 0 saturated heterocycles. The molecule has 0 fully saturated rings. The van der Waals surface area contributed by atoms with E-state index in [-0.39, 0.29) is 19.1 Å². The average molecular weight is 479 g/mol. The molecule has 1 amide bonds. The van der Waals surface area contributed by atoms with E-state index in [1.165, 1.54) is 11.3 Å². The Morgan fingerprint density at radius 3 is 2.62 bits per heavy atom. The zero-order chi connectivity index (χ0) is 23.8. The monoisotopic (exact) mass is 478 g/mol. The van der Waals surface area contributed by atoms with Gasteiger partial charge in [0.1, 0.15) is 17.4 Å². The molecule has 0 aliphatic rings. The summed E-state index contributed by atoms with van der Waals surface area (Å²) < 4.78 is 16.9. The third-order valence-electron chi connectivity index (χ3n) is 5.19. The van der Waals surface area contributed by atoms with E-state index < -0.39 is 0 Å². The summed E-state index contributed by atoms with van der Waals surface area (Å²) in [6.45, 7) is 0.911. The minimum absolute atomic E-state index is 0.000190. The Morgan fingerprint density at radius 1 is 1.06 bits per heavy atom. The number of ether oxygens (including phenoxy) is 2. The normalized spacial score (nSPS) is 10.8. The smallest absolute Gasteiger partial charge is 0.227 e. The first-order valence-corrected chi connectivity index (χ1v) is 11.7. The molecule has 1 N–H and O–H groups in total. The van der Waals surface area contributed by atoms with Gasteiger partial charge in [0.2, 0.25) is 5.91 Å². The fourth-order valence-corrected chi connectivity index (χ4v) is 4.18. The molecule has 0 radical (unpaired) electrons. The summed E-state index contributed by atoms with van der Waals surface area (Å²) in [4.78, 5) is 19.3. The van der Waals surface area contributed by atoms with Crippen molar-refractivity contribution in [3.8, 4) is 11.5 Å². The summed E-state index contributed by atoms with van der Waals surface area (Å²) in [7, 11) is 1.59. The Kier molecular flexibility index (Phi) is 7.95. The van der Waals surface area contributed by atoms with Crippen molar-refractivity contribution in [2.24, 2.45) is 0 Å². The molecule has 176 valence electrons. The van der Waals surface area contributed by atoms with Crippen molar-refractivity contribution in [3.05, 3.63) is 99.9 Å². The van der Waals surface area contributed by atoms with E-state index in [1.54, 1.807) is 23.7 Å². The number of hydrogen-bond donors (Lipinski definition) is 1. The number of amides is 1. The van der Waals surface area contributed by atoms with Crippen LogP contribution < -0.4 is 9.47 Å². The number of aromatic nitrogens is 1. The van der Waals surface area contributed by atoms with Crippen molar-refractivity contribution < 1.29 is 23.8 Å². The van der Waals surface area contributed by atoms with E-state index in [0.717, 1.165) is 21.9 Å². The van der Waals surface area contributed by atoms with E-state index >= 15 is 0 Å². The number of thiazole rings is 1. The van der Waals surface area contributed by atoms with Crippen molar-refractivity contribution in [1.29, 1.82) is 0 Å². The van der Waals surface area contributed by atoms with Crippen LogP contribution in [0.15, 0.2) is 76.7 Å². The number of carbonyl (C=O) groups is 1. The maximum Gasteiger partial charge on any atom is 0.227 e. The van der Waals surface area contributed by atoms with Gasteiger partial charge in [0.25, 0.3) is 0 Å². The number of hydrogen-bond acceptors (Lipinski definition) is 7. The predicted molar refractivity (Wildman–Crippen MR) is 128 cm³/mol. The number of benzene rings is 2. The molecule has 2 heterocycles. The first kappa shape index (κ1) is 23.5. The van der Waals surface area contributed by atoms with Gasteiger partial charge in [-0.1, -0.05) is 36.4 Å². The van der Waals surface area contributed by atoms with Crippen LogP contribution in [0.3, 0.4) is 0 Å². The molecule has 2 aromatic heterocycles. The number of rotatable bonds is 11. The van der Waals surface area contributed by atoms with Gasteiger partial charge in [-0.25, -0.2) is 4.98 Å². The molecule has 4 aromatic rings. The van der Waals surface area contributed by atoms with Crippen molar-refractivity contribution in [2.75, 3.05) is 7.11 Å². The van der Waals surface area contributed by atoms with Crippen molar-refractivity contribution >= 4 is 17.2 Å². The van der Waals surface area contributed by atoms with Crippen LogP contribution in [0.25, 0.3) is 0 Å². The Balaban J connectivity index is 1.51. The summed E-state index contributed by atoms with van der Waals surface area (Å²) in [5.74, 6) is 1.88. The molecule has 0 saturated carbocycles. The maximum absolute atomic E-state index is 13.2. The highest BCUT2D eigenvalue weighted by atomic mass is 32.1. The number of aliphatic hydroxyl groups is 1. The van der Waals surface area contributed by atoms with Crippen LogP contribution in [0.5, 0.6) is 11.5 Å². The largest absolute Gasteiger partial charge is 0.493 e. The molecular formula is C26H26N2O5S. The van der Waals surface area contributed by atoms with Crippen LogP contribution in [0.1, 0.15) is 27.6 Å². The number of nitrogens with zero attached hydrogens (tertiary/aromatic N) is 2.